The van der Waals surface area contributed by atoms with Crippen molar-refractivity contribution in [2.24, 2.45) is 5.92 Å². The van der Waals surface area contributed by atoms with Gasteiger partial charge >= 0.3 is 6.18 Å². The lowest BCUT2D eigenvalue weighted by atomic mass is 9.97. The van der Waals surface area contributed by atoms with E-state index in [1.54, 1.807) is 21.0 Å². The molecule has 2 atom stereocenters. The molecule has 0 saturated heterocycles. The molecular weight excluding hydrogens is 179 g/mol. The average Bonchev–Trinajstić information content (AvgIpc) is 1.96. The summed E-state index contributed by atoms with van der Waals surface area (Å²) in [6.45, 7) is 3.40. The Morgan fingerprint density at radius 3 is 1.92 bits per heavy atom. The largest absolute Gasteiger partial charge is 0.391 e. The Labute approximate surface area is 77.9 Å². The summed E-state index contributed by atoms with van der Waals surface area (Å²) in [4.78, 5) is 1.81. The summed E-state index contributed by atoms with van der Waals surface area (Å²) in [6, 6.07) is -0.0217. The summed E-state index contributed by atoms with van der Waals surface area (Å²) in [5.74, 6) is -1.16. The normalized spacial score (nSPS) is 17.5. The van der Waals surface area contributed by atoms with Crippen molar-refractivity contribution in [3.8, 4) is 0 Å². The first-order chi connectivity index (χ1) is 5.79. The second kappa shape index (κ2) is 4.84. The van der Waals surface area contributed by atoms with E-state index in [1.165, 1.54) is 0 Å². The number of hydrogen-bond acceptors (Lipinski definition) is 1. The van der Waals surface area contributed by atoms with Crippen LogP contribution in [0.5, 0.6) is 0 Å². The van der Waals surface area contributed by atoms with E-state index in [4.69, 9.17) is 0 Å². The summed E-state index contributed by atoms with van der Waals surface area (Å²) in [5.41, 5.74) is 0. The highest BCUT2D eigenvalue weighted by Gasteiger charge is 2.38. The Hall–Kier alpha value is -0.250. The molecule has 0 bridgehead atoms. The van der Waals surface area contributed by atoms with Gasteiger partial charge in [-0.1, -0.05) is 6.92 Å². The molecule has 0 aliphatic heterocycles. The van der Waals surface area contributed by atoms with Gasteiger partial charge in [-0.3, -0.25) is 0 Å². The van der Waals surface area contributed by atoms with E-state index in [2.05, 4.69) is 0 Å². The van der Waals surface area contributed by atoms with E-state index in [9.17, 15) is 13.2 Å². The van der Waals surface area contributed by atoms with Gasteiger partial charge in [-0.15, -0.1) is 0 Å². The molecule has 4 heteroatoms. The van der Waals surface area contributed by atoms with Crippen molar-refractivity contribution in [1.82, 2.24) is 4.90 Å². The molecule has 2 unspecified atom stereocenters. The molecule has 0 amide bonds. The fraction of sp³-hybridized carbons (Fsp3) is 1.00. The highest BCUT2D eigenvalue weighted by atomic mass is 19.4. The molecule has 13 heavy (non-hydrogen) atoms. The zero-order valence-electron chi connectivity index (χ0n) is 8.65. The van der Waals surface area contributed by atoms with Crippen LogP contribution in [-0.4, -0.2) is 31.2 Å². The molecule has 0 aromatic carbocycles. The summed E-state index contributed by atoms with van der Waals surface area (Å²) >= 11 is 0. The molecule has 0 aromatic heterocycles. The maximum absolute atomic E-state index is 12.3. The molecule has 0 aromatic rings. The third-order valence-electron chi connectivity index (χ3n) is 2.46. The summed E-state index contributed by atoms with van der Waals surface area (Å²) in [6.07, 6.45) is -3.69. The molecule has 0 aliphatic carbocycles. The third-order valence-corrected chi connectivity index (χ3v) is 2.46. The van der Waals surface area contributed by atoms with Crippen molar-refractivity contribution in [1.29, 1.82) is 0 Å². The minimum Gasteiger partial charge on any atom is -0.307 e. The van der Waals surface area contributed by atoms with Gasteiger partial charge in [0, 0.05) is 6.04 Å². The highest BCUT2D eigenvalue weighted by molar-refractivity contribution is 4.72. The molecule has 0 saturated carbocycles. The maximum atomic E-state index is 12.3. The summed E-state index contributed by atoms with van der Waals surface area (Å²) in [5, 5.41) is 0. The standard InChI is InChI=1S/C9H18F3N/c1-5-8(9(10,11)12)6-7(2)13(3)4/h7-8H,5-6H2,1-4H3. The lowest BCUT2D eigenvalue weighted by Gasteiger charge is -2.26. The first-order valence-electron chi connectivity index (χ1n) is 4.52. The summed E-state index contributed by atoms with van der Waals surface area (Å²) in [7, 11) is 3.60. The molecule has 0 fully saturated rings. The topological polar surface area (TPSA) is 3.24 Å². The van der Waals surface area contributed by atoms with Crippen LogP contribution in [0.2, 0.25) is 0 Å². The van der Waals surface area contributed by atoms with Gasteiger partial charge in [0.05, 0.1) is 5.92 Å². The van der Waals surface area contributed by atoms with E-state index in [-0.39, 0.29) is 18.9 Å². The zero-order valence-corrected chi connectivity index (χ0v) is 8.65. The van der Waals surface area contributed by atoms with Gasteiger partial charge in [0.25, 0.3) is 0 Å². The van der Waals surface area contributed by atoms with Crippen LogP contribution >= 0.6 is 0 Å². The van der Waals surface area contributed by atoms with Crippen LogP contribution in [-0.2, 0) is 0 Å². The van der Waals surface area contributed by atoms with Gasteiger partial charge in [-0.2, -0.15) is 13.2 Å². The Morgan fingerprint density at radius 1 is 1.23 bits per heavy atom. The van der Waals surface area contributed by atoms with Crippen molar-refractivity contribution in [3.63, 3.8) is 0 Å². The zero-order chi connectivity index (χ0) is 10.6. The van der Waals surface area contributed by atoms with E-state index in [0.29, 0.717) is 0 Å². The average molecular weight is 197 g/mol. The van der Waals surface area contributed by atoms with E-state index < -0.39 is 12.1 Å². The Morgan fingerprint density at radius 2 is 1.69 bits per heavy atom. The molecule has 80 valence electrons. The maximum Gasteiger partial charge on any atom is 0.391 e. The minimum atomic E-state index is -4.04. The first-order valence-corrected chi connectivity index (χ1v) is 4.52. The molecule has 0 spiro atoms. The number of hydrogen-bond donors (Lipinski definition) is 0. The minimum absolute atomic E-state index is 0.0217. The predicted molar refractivity (Wildman–Crippen MR) is 47.6 cm³/mol. The van der Waals surface area contributed by atoms with Crippen molar-refractivity contribution in [2.45, 2.75) is 38.9 Å². The van der Waals surface area contributed by atoms with E-state index in [0.717, 1.165) is 0 Å². The molecule has 0 radical (unpaired) electrons. The van der Waals surface area contributed by atoms with Crippen LogP contribution in [0.15, 0.2) is 0 Å². The van der Waals surface area contributed by atoms with Crippen LogP contribution in [0.25, 0.3) is 0 Å². The Balaban J connectivity index is 4.14. The second-order valence-corrected chi connectivity index (χ2v) is 3.70. The Kier molecular flexibility index (Phi) is 4.75. The molecule has 0 aliphatic rings. The van der Waals surface area contributed by atoms with Crippen molar-refractivity contribution in [2.75, 3.05) is 14.1 Å². The fourth-order valence-electron chi connectivity index (χ4n) is 1.15. The van der Waals surface area contributed by atoms with Crippen LogP contribution in [0.3, 0.4) is 0 Å². The lowest BCUT2D eigenvalue weighted by Crippen LogP contribution is -2.32. The van der Waals surface area contributed by atoms with Crippen LogP contribution in [0.1, 0.15) is 26.7 Å². The van der Waals surface area contributed by atoms with Gasteiger partial charge in [0.1, 0.15) is 0 Å². The molecule has 1 nitrogen and oxygen atoms in total. The second-order valence-electron chi connectivity index (χ2n) is 3.70. The Bertz CT molecular complexity index is 142. The van der Waals surface area contributed by atoms with Gasteiger partial charge in [0.2, 0.25) is 0 Å². The van der Waals surface area contributed by atoms with Gasteiger partial charge < -0.3 is 4.90 Å². The summed E-state index contributed by atoms with van der Waals surface area (Å²) < 4.78 is 37.0. The lowest BCUT2D eigenvalue weighted by molar-refractivity contribution is -0.179. The quantitative estimate of drug-likeness (QED) is 0.669. The monoisotopic (exact) mass is 197 g/mol. The number of alkyl halides is 3. The third kappa shape index (κ3) is 4.50. The first kappa shape index (κ1) is 12.8. The molecular formula is C9H18F3N. The number of nitrogens with zero attached hydrogens (tertiary/aromatic N) is 1. The predicted octanol–water partition coefficient (Wildman–Crippen LogP) is 2.92. The molecule has 0 rings (SSSR count). The number of halogens is 3. The van der Waals surface area contributed by atoms with Crippen LogP contribution in [0, 0.1) is 5.92 Å². The molecule has 0 heterocycles. The smallest absolute Gasteiger partial charge is 0.307 e. The molecule has 0 N–H and O–H groups in total. The van der Waals surface area contributed by atoms with Crippen LogP contribution < -0.4 is 0 Å². The van der Waals surface area contributed by atoms with Crippen molar-refractivity contribution in [3.05, 3.63) is 0 Å². The fourth-order valence-corrected chi connectivity index (χ4v) is 1.15. The number of rotatable bonds is 4. The highest BCUT2D eigenvalue weighted by Crippen LogP contribution is 2.32. The van der Waals surface area contributed by atoms with Gasteiger partial charge in [-0.05, 0) is 33.9 Å². The van der Waals surface area contributed by atoms with E-state index >= 15 is 0 Å². The van der Waals surface area contributed by atoms with Gasteiger partial charge in [-0.25, -0.2) is 0 Å². The van der Waals surface area contributed by atoms with Gasteiger partial charge in [0.15, 0.2) is 0 Å². The van der Waals surface area contributed by atoms with Crippen molar-refractivity contribution >= 4 is 0 Å². The van der Waals surface area contributed by atoms with Crippen molar-refractivity contribution < 1.29 is 13.2 Å². The SMILES string of the molecule is CCC(CC(C)N(C)C)C(F)(F)F. The van der Waals surface area contributed by atoms with Crippen LogP contribution in [0.4, 0.5) is 13.2 Å². The van der Waals surface area contributed by atoms with E-state index in [1.807, 2.05) is 11.8 Å².